The molecule has 1 aliphatic heterocycles. The molecule has 4 aromatic rings. The minimum atomic E-state index is -0.00614. The molecular formula is C24H23N5O2. The summed E-state index contributed by atoms with van der Waals surface area (Å²) in [5, 5.41) is 4.91. The van der Waals surface area contributed by atoms with Gasteiger partial charge in [-0.15, -0.1) is 0 Å². The van der Waals surface area contributed by atoms with Gasteiger partial charge in [-0.3, -0.25) is 14.7 Å². The van der Waals surface area contributed by atoms with Gasteiger partial charge in [0.1, 0.15) is 5.69 Å². The summed E-state index contributed by atoms with van der Waals surface area (Å²) in [5.41, 5.74) is 4.34. The molecule has 0 N–H and O–H groups in total. The molecule has 156 valence electrons. The number of carbonyl (C=O) groups is 1. The molecule has 5 rings (SSSR count). The Morgan fingerprint density at radius 1 is 1.03 bits per heavy atom. The third-order valence-electron chi connectivity index (χ3n) is 5.62. The first kappa shape index (κ1) is 19.4. The Labute approximate surface area is 180 Å². The molecule has 1 aromatic carbocycles. The number of fused-ring (bicyclic) bond motifs is 1. The molecule has 7 nitrogen and oxygen atoms in total. The normalized spacial score (nSPS) is 14.8. The van der Waals surface area contributed by atoms with E-state index >= 15 is 0 Å². The quantitative estimate of drug-likeness (QED) is 0.509. The first-order valence-electron chi connectivity index (χ1n) is 10.4. The first-order chi connectivity index (χ1) is 15.2. The highest BCUT2D eigenvalue weighted by molar-refractivity contribution is 6.09. The lowest BCUT2D eigenvalue weighted by atomic mass is 10.0. The van der Waals surface area contributed by atoms with Gasteiger partial charge >= 0.3 is 0 Å². The van der Waals surface area contributed by atoms with E-state index in [0.717, 1.165) is 36.6 Å². The van der Waals surface area contributed by atoms with Crippen LogP contribution in [0.2, 0.25) is 0 Å². The number of hydrogen-bond acceptors (Lipinski definition) is 6. The Morgan fingerprint density at radius 2 is 1.81 bits per heavy atom. The summed E-state index contributed by atoms with van der Waals surface area (Å²) >= 11 is 0. The zero-order chi connectivity index (χ0) is 21.2. The molecule has 31 heavy (non-hydrogen) atoms. The fourth-order valence-electron chi connectivity index (χ4n) is 4.04. The molecule has 1 aliphatic rings. The standard InChI is InChI=1S/C24H23N5O2/c1-17-15-20(21-22(27-31-23(21)26-17)18-7-3-2-4-8-18)24(30)29-13-11-28(12-14-29)16-19-9-5-6-10-25-19/h2-10,15H,11-14,16H2,1H3. The van der Waals surface area contributed by atoms with Gasteiger partial charge in [-0.1, -0.05) is 41.6 Å². The summed E-state index contributed by atoms with van der Waals surface area (Å²) in [6.07, 6.45) is 1.81. The van der Waals surface area contributed by atoms with Crippen LogP contribution in [-0.2, 0) is 6.54 Å². The summed E-state index contributed by atoms with van der Waals surface area (Å²) in [7, 11) is 0. The highest BCUT2D eigenvalue weighted by Gasteiger charge is 2.27. The van der Waals surface area contributed by atoms with E-state index in [9.17, 15) is 4.79 Å². The molecule has 0 atom stereocenters. The van der Waals surface area contributed by atoms with Gasteiger partial charge in [0.15, 0.2) is 0 Å². The van der Waals surface area contributed by atoms with Crippen molar-refractivity contribution in [1.82, 2.24) is 24.9 Å². The largest absolute Gasteiger partial charge is 0.336 e. The number of pyridine rings is 2. The maximum absolute atomic E-state index is 13.5. The number of nitrogens with zero attached hydrogens (tertiary/aromatic N) is 5. The molecule has 3 aromatic heterocycles. The van der Waals surface area contributed by atoms with Gasteiger partial charge < -0.3 is 9.42 Å². The lowest BCUT2D eigenvalue weighted by Gasteiger charge is -2.34. The van der Waals surface area contributed by atoms with E-state index in [0.29, 0.717) is 35.4 Å². The smallest absolute Gasteiger partial charge is 0.259 e. The van der Waals surface area contributed by atoms with Gasteiger partial charge in [-0.2, -0.15) is 0 Å². The third kappa shape index (κ3) is 3.92. The van der Waals surface area contributed by atoms with E-state index in [1.165, 1.54) is 0 Å². The van der Waals surface area contributed by atoms with E-state index in [-0.39, 0.29) is 5.91 Å². The fraction of sp³-hybridized carbons (Fsp3) is 0.250. The highest BCUT2D eigenvalue weighted by atomic mass is 16.5. The second kappa shape index (κ2) is 8.28. The molecule has 1 fully saturated rings. The van der Waals surface area contributed by atoms with E-state index in [1.807, 2.05) is 72.6 Å². The average Bonchev–Trinajstić information content (AvgIpc) is 3.23. The van der Waals surface area contributed by atoms with Gasteiger partial charge in [0.25, 0.3) is 11.6 Å². The lowest BCUT2D eigenvalue weighted by Crippen LogP contribution is -2.48. The molecule has 0 unspecified atom stereocenters. The highest BCUT2D eigenvalue weighted by Crippen LogP contribution is 2.31. The minimum absolute atomic E-state index is 0.00614. The maximum atomic E-state index is 13.5. The van der Waals surface area contributed by atoms with Crippen molar-refractivity contribution in [2.45, 2.75) is 13.5 Å². The summed E-state index contributed by atoms with van der Waals surface area (Å²) in [5.74, 6) is -0.00614. The zero-order valence-corrected chi connectivity index (χ0v) is 17.4. The summed E-state index contributed by atoms with van der Waals surface area (Å²) in [6.45, 7) is 5.62. The Bertz CT molecular complexity index is 1200. The minimum Gasteiger partial charge on any atom is -0.336 e. The second-order valence-corrected chi connectivity index (χ2v) is 7.78. The Kier molecular flexibility index (Phi) is 5.18. The summed E-state index contributed by atoms with van der Waals surface area (Å²) in [6, 6.07) is 17.6. The average molecular weight is 413 g/mol. The van der Waals surface area contributed by atoms with Crippen LogP contribution < -0.4 is 0 Å². The fourth-order valence-corrected chi connectivity index (χ4v) is 4.04. The molecule has 0 aliphatic carbocycles. The molecule has 0 spiro atoms. The maximum Gasteiger partial charge on any atom is 0.259 e. The van der Waals surface area contributed by atoms with Crippen LogP contribution in [-0.4, -0.2) is 57.0 Å². The monoisotopic (exact) mass is 413 g/mol. The van der Waals surface area contributed by atoms with Gasteiger partial charge in [-0.05, 0) is 25.1 Å². The molecule has 1 amide bonds. The zero-order valence-electron chi connectivity index (χ0n) is 17.4. The number of aromatic nitrogens is 3. The van der Waals surface area contributed by atoms with Gasteiger partial charge in [0, 0.05) is 50.2 Å². The number of rotatable bonds is 4. The summed E-state index contributed by atoms with van der Waals surface area (Å²) in [4.78, 5) is 26.6. The third-order valence-corrected chi connectivity index (χ3v) is 5.62. The Hall–Kier alpha value is -3.58. The SMILES string of the molecule is Cc1cc(C(=O)N2CCN(Cc3ccccn3)CC2)c2c(-c3ccccc3)noc2n1. The molecule has 7 heteroatoms. The van der Waals surface area contributed by atoms with Crippen molar-refractivity contribution in [3.63, 3.8) is 0 Å². The van der Waals surface area contributed by atoms with E-state index < -0.39 is 0 Å². The van der Waals surface area contributed by atoms with Crippen molar-refractivity contribution in [1.29, 1.82) is 0 Å². The molecular weight excluding hydrogens is 390 g/mol. The Balaban J connectivity index is 1.39. The van der Waals surface area contributed by atoms with Crippen molar-refractivity contribution in [3.05, 3.63) is 77.7 Å². The predicted octanol–water partition coefficient (Wildman–Crippen LogP) is 3.55. The molecule has 0 bridgehead atoms. The van der Waals surface area contributed by atoms with Crippen LogP contribution in [0.1, 0.15) is 21.7 Å². The number of carbonyl (C=O) groups excluding carboxylic acids is 1. The first-order valence-corrected chi connectivity index (χ1v) is 10.4. The van der Waals surface area contributed by atoms with E-state index in [1.54, 1.807) is 0 Å². The van der Waals surface area contributed by atoms with Gasteiger partial charge in [0.2, 0.25) is 0 Å². The topological polar surface area (TPSA) is 75.4 Å². The molecule has 0 radical (unpaired) electrons. The number of amides is 1. The lowest BCUT2D eigenvalue weighted by molar-refractivity contribution is 0.0629. The van der Waals surface area contributed by atoms with Crippen LogP contribution in [0.4, 0.5) is 0 Å². The Morgan fingerprint density at radius 3 is 2.55 bits per heavy atom. The van der Waals surface area contributed by atoms with Crippen molar-refractivity contribution < 1.29 is 9.32 Å². The number of aryl methyl sites for hydroxylation is 1. The number of piperazine rings is 1. The van der Waals surface area contributed by atoms with Gasteiger partial charge in [-0.25, -0.2) is 4.98 Å². The van der Waals surface area contributed by atoms with Crippen LogP contribution >= 0.6 is 0 Å². The number of hydrogen-bond donors (Lipinski definition) is 0. The summed E-state index contributed by atoms with van der Waals surface area (Å²) < 4.78 is 5.50. The van der Waals surface area contributed by atoms with Crippen molar-refractivity contribution in [3.8, 4) is 11.3 Å². The van der Waals surface area contributed by atoms with E-state index in [2.05, 4.69) is 20.0 Å². The van der Waals surface area contributed by atoms with Crippen LogP contribution in [0, 0.1) is 6.92 Å². The second-order valence-electron chi connectivity index (χ2n) is 7.78. The van der Waals surface area contributed by atoms with Crippen molar-refractivity contribution in [2.24, 2.45) is 0 Å². The van der Waals surface area contributed by atoms with Crippen molar-refractivity contribution in [2.75, 3.05) is 26.2 Å². The van der Waals surface area contributed by atoms with E-state index in [4.69, 9.17) is 4.52 Å². The number of benzene rings is 1. The molecule has 4 heterocycles. The molecule has 0 saturated carbocycles. The van der Waals surface area contributed by atoms with Crippen LogP contribution in [0.25, 0.3) is 22.4 Å². The van der Waals surface area contributed by atoms with Crippen LogP contribution in [0.15, 0.2) is 65.3 Å². The van der Waals surface area contributed by atoms with Gasteiger partial charge in [0.05, 0.1) is 16.6 Å². The van der Waals surface area contributed by atoms with Crippen molar-refractivity contribution >= 4 is 17.0 Å². The predicted molar refractivity (Wildman–Crippen MR) is 117 cm³/mol. The van der Waals surface area contributed by atoms with Crippen LogP contribution in [0.5, 0.6) is 0 Å². The molecule has 1 saturated heterocycles. The van der Waals surface area contributed by atoms with Crippen LogP contribution in [0.3, 0.4) is 0 Å².